The lowest BCUT2D eigenvalue weighted by molar-refractivity contribution is 0.161. The molecule has 1 rings (SSSR count). The number of rotatable bonds is 2. The van der Waals surface area contributed by atoms with E-state index in [0.717, 1.165) is 5.56 Å². The Kier molecular flexibility index (Phi) is 5.63. The van der Waals surface area contributed by atoms with Gasteiger partial charge < -0.3 is 5.21 Å². The summed E-state index contributed by atoms with van der Waals surface area (Å²) in [6, 6.07) is 5.11. The zero-order chi connectivity index (χ0) is 8.27. The molecule has 0 amide bonds. The quantitative estimate of drug-likeness (QED) is 0.763. The second kappa shape index (κ2) is 5.62. The van der Waals surface area contributed by atoms with Gasteiger partial charge in [-0.15, -0.1) is 12.4 Å². The van der Waals surface area contributed by atoms with E-state index in [1.807, 2.05) is 5.48 Å². The fourth-order valence-corrected chi connectivity index (χ4v) is 1.23. The molecule has 0 aliphatic rings. The number of halogens is 3. The summed E-state index contributed by atoms with van der Waals surface area (Å²) in [6.45, 7) is 0.329. The summed E-state index contributed by atoms with van der Waals surface area (Å²) in [6.07, 6.45) is 0. The van der Waals surface area contributed by atoms with Crippen LogP contribution in [0.4, 0.5) is 0 Å². The first kappa shape index (κ1) is 12.0. The lowest BCUT2D eigenvalue weighted by Gasteiger charge is -2.01. The van der Waals surface area contributed by atoms with Crippen LogP contribution in [0.3, 0.4) is 0 Å². The number of nitrogens with one attached hydrogen (secondary N) is 1. The van der Waals surface area contributed by atoms with Crippen LogP contribution < -0.4 is 5.48 Å². The molecule has 0 aliphatic carbocycles. The highest BCUT2D eigenvalue weighted by Crippen LogP contribution is 2.20. The molecule has 0 atom stereocenters. The van der Waals surface area contributed by atoms with Crippen LogP contribution in [0.1, 0.15) is 5.56 Å². The summed E-state index contributed by atoms with van der Waals surface area (Å²) < 4.78 is 0. The average molecular weight is 229 g/mol. The lowest BCUT2D eigenvalue weighted by atomic mass is 10.2. The topological polar surface area (TPSA) is 32.3 Å². The highest BCUT2D eigenvalue weighted by atomic mass is 35.5. The van der Waals surface area contributed by atoms with Crippen molar-refractivity contribution in [3.8, 4) is 0 Å². The Bertz CT molecular complexity index is 254. The van der Waals surface area contributed by atoms with Crippen molar-refractivity contribution in [3.63, 3.8) is 0 Å². The second-order valence-electron chi connectivity index (χ2n) is 2.07. The van der Waals surface area contributed by atoms with Crippen LogP contribution in [0.25, 0.3) is 0 Å². The van der Waals surface area contributed by atoms with Gasteiger partial charge in [-0.05, 0) is 17.7 Å². The van der Waals surface area contributed by atoms with Crippen molar-refractivity contribution in [2.24, 2.45) is 0 Å². The Morgan fingerprint density at radius 1 is 1.33 bits per heavy atom. The summed E-state index contributed by atoms with van der Waals surface area (Å²) >= 11 is 11.4. The van der Waals surface area contributed by atoms with Crippen molar-refractivity contribution in [1.82, 2.24) is 5.48 Å². The third kappa shape index (κ3) is 3.17. The predicted molar refractivity (Wildman–Crippen MR) is 52.3 cm³/mol. The van der Waals surface area contributed by atoms with Crippen LogP contribution in [0.2, 0.25) is 10.0 Å². The maximum absolute atomic E-state index is 8.37. The molecule has 0 radical (unpaired) electrons. The number of hydrogen-bond donors (Lipinski definition) is 2. The van der Waals surface area contributed by atoms with Crippen LogP contribution in [0.5, 0.6) is 0 Å². The number of hydroxylamine groups is 1. The molecule has 0 fully saturated rings. The molecule has 12 heavy (non-hydrogen) atoms. The van der Waals surface area contributed by atoms with Gasteiger partial charge in [-0.3, -0.25) is 0 Å². The Morgan fingerprint density at radius 3 is 2.50 bits per heavy atom. The van der Waals surface area contributed by atoms with Crippen molar-refractivity contribution < 1.29 is 5.21 Å². The zero-order valence-corrected chi connectivity index (χ0v) is 8.38. The van der Waals surface area contributed by atoms with Gasteiger partial charge in [-0.2, -0.15) is 0 Å². The van der Waals surface area contributed by atoms with Crippen LogP contribution in [-0.2, 0) is 6.54 Å². The molecule has 68 valence electrons. The summed E-state index contributed by atoms with van der Waals surface area (Å²) in [5.41, 5.74) is 2.83. The first-order valence-corrected chi connectivity index (χ1v) is 3.80. The van der Waals surface area contributed by atoms with Crippen molar-refractivity contribution in [2.75, 3.05) is 0 Å². The Balaban J connectivity index is 0.00000121. The van der Waals surface area contributed by atoms with Gasteiger partial charge in [0, 0.05) is 16.6 Å². The zero-order valence-electron chi connectivity index (χ0n) is 6.05. The summed E-state index contributed by atoms with van der Waals surface area (Å²) in [7, 11) is 0. The molecule has 1 aromatic carbocycles. The van der Waals surface area contributed by atoms with E-state index in [9.17, 15) is 0 Å². The van der Waals surface area contributed by atoms with E-state index in [4.69, 9.17) is 28.4 Å². The fourth-order valence-electron chi connectivity index (χ4n) is 0.750. The third-order valence-corrected chi connectivity index (χ3v) is 1.87. The highest BCUT2D eigenvalue weighted by Gasteiger charge is 1.98. The van der Waals surface area contributed by atoms with Crippen molar-refractivity contribution in [2.45, 2.75) is 6.54 Å². The molecule has 0 aliphatic heterocycles. The Labute approximate surface area is 86.9 Å². The number of benzene rings is 1. The molecular weight excluding hydrogens is 220 g/mol. The van der Waals surface area contributed by atoms with Gasteiger partial charge in [0.05, 0.1) is 0 Å². The van der Waals surface area contributed by atoms with E-state index >= 15 is 0 Å². The van der Waals surface area contributed by atoms with E-state index in [-0.39, 0.29) is 12.4 Å². The minimum atomic E-state index is 0. The Hall–Kier alpha value is 0.01000. The van der Waals surface area contributed by atoms with Crippen LogP contribution >= 0.6 is 35.6 Å². The summed E-state index contributed by atoms with van der Waals surface area (Å²) in [4.78, 5) is 0. The minimum Gasteiger partial charge on any atom is -0.316 e. The third-order valence-electron chi connectivity index (χ3n) is 1.28. The van der Waals surface area contributed by atoms with E-state index in [1.165, 1.54) is 0 Å². The normalized spacial score (nSPS) is 9.25. The standard InChI is InChI=1S/C7H7Cl2NO.ClH/c8-6-2-1-5(4-10-11)7(9)3-6;/h1-3,10-11H,4H2;1H. The first-order valence-electron chi connectivity index (χ1n) is 3.05. The second-order valence-corrected chi connectivity index (χ2v) is 2.91. The van der Waals surface area contributed by atoms with E-state index in [0.29, 0.717) is 16.6 Å². The molecule has 1 aromatic rings. The monoisotopic (exact) mass is 227 g/mol. The maximum atomic E-state index is 8.37. The minimum absolute atomic E-state index is 0. The molecule has 2 N–H and O–H groups in total. The predicted octanol–water partition coefficient (Wildman–Crippen LogP) is 2.89. The Morgan fingerprint density at radius 2 is 2.00 bits per heavy atom. The maximum Gasteiger partial charge on any atom is 0.0472 e. The lowest BCUT2D eigenvalue weighted by Crippen LogP contribution is -2.06. The molecule has 0 saturated heterocycles. The highest BCUT2D eigenvalue weighted by molar-refractivity contribution is 6.35. The first-order chi connectivity index (χ1) is 5.24. The molecule has 0 spiro atoms. The SMILES string of the molecule is Cl.ONCc1ccc(Cl)cc1Cl. The van der Waals surface area contributed by atoms with Gasteiger partial charge in [0.1, 0.15) is 0 Å². The fraction of sp³-hybridized carbons (Fsp3) is 0.143. The van der Waals surface area contributed by atoms with Crippen LogP contribution in [0.15, 0.2) is 18.2 Å². The molecule has 2 nitrogen and oxygen atoms in total. The molecule has 0 bridgehead atoms. The number of hydrogen-bond acceptors (Lipinski definition) is 2. The average Bonchev–Trinajstić information content (AvgIpc) is 1.95. The summed E-state index contributed by atoms with van der Waals surface area (Å²) in [5.74, 6) is 0. The van der Waals surface area contributed by atoms with Gasteiger partial charge in [-0.25, -0.2) is 5.48 Å². The molecule has 0 aromatic heterocycles. The molecule has 5 heteroatoms. The van der Waals surface area contributed by atoms with Gasteiger partial charge in [-0.1, -0.05) is 29.3 Å². The van der Waals surface area contributed by atoms with E-state index < -0.39 is 0 Å². The molecule has 0 heterocycles. The molecule has 0 saturated carbocycles. The largest absolute Gasteiger partial charge is 0.316 e. The van der Waals surface area contributed by atoms with Crippen molar-refractivity contribution >= 4 is 35.6 Å². The summed E-state index contributed by atoms with van der Waals surface area (Å²) in [5, 5.41) is 9.52. The van der Waals surface area contributed by atoms with Gasteiger partial charge in [0.2, 0.25) is 0 Å². The van der Waals surface area contributed by atoms with E-state index in [1.54, 1.807) is 18.2 Å². The smallest absolute Gasteiger partial charge is 0.0472 e. The van der Waals surface area contributed by atoms with Gasteiger partial charge >= 0.3 is 0 Å². The van der Waals surface area contributed by atoms with Crippen LogP contribution in [0, 0.1) is 0 Å². The van der Waals surface area contributed by atoms with E-state index in [2.05, 4.69) is 0 Å². The van der Waals surface area contributed by atoms with Crippen molar-refractivity contribution in [3.05, 3.63) is 33.8 Å². The van der Waals surface area contributed by atoms with Crippen LogP contribution in [-0.4, -0.2) is 5.21 Å². The molecule has 0 unspecified atom stereocenters. The van der Waals surface area contributed by atoms with Gasteiger partial charge in [0.25, 0.3) is 0 Å². The molecular formula is C7H8Cl3NO. The van der Waals surface area contributed by atoms with Crippen molar-refractivity contribution in [1.29, 1.82) is 0 Å². The van der Waals surface area contributed by atoms with Gasteiger partial charge in [0.15, 0.2) is 0 Å².